The third-order valence-electron chi connectivity index (χ3n) is 2.59. The Kier molecular flexibility index (Phi) is 5.97. The fourth-order valence-corrected chi connectivity index (χ4v) is 2.87. The summed E-state index contributed by atoms with van der Waals surface area (Å²) in [5.74, 6) is -0.0968. The number of carbonyl (C=O) groups is 1. The highest BCUT2D eigenvalue weighted by atomic mass is 32.2. The second-order valence-corrected chi connectivity index (χ2v) is 5.86. The minimum atomic E-state index is -3.68. The van der Waals surface area contributed by atoms with E-state index in [9.17, 15) is 13.2 Å². The molecule has 0 bridgehead atoms. The summed E-state index contributed by atoms with van der Waals surface area (Å²) in [5.41, 5.74) is 0.288. The lowest BCUT2D eigenvalue weighted by Gasteiger charge is -2.11. The van der Waals surface area contributed by atoms with Crippen LogP contribution in [-0.4, -0.2) is 34.5 Å². The molecule has 0 radical (unpaired) electrons. The molecular formula is C13H20N2O4S. The predicted molar refractivity (Wildman–Crippen MR) is 76.5 cm³/mol. The van der Waals surface area contributed by atoms with Crippen LogP contribution in [-0.2, 0) is 10.0 Å². The highest BCUT2D eigenvalue weighted by Gasteiger charge is 2.20. The molecule has 1 aromatic carbocycles. The van der Waals surface area contributed by atoms with Crippen LogP contribution >= 0.6 is 0 Å². The average molecular weight is 300 g/mol. The number of hydrogen-bond acceptors (Lipinski definition) is 4. The van der Waals surface area contributed by atoms with E-state index in [0.717, 1.165) is 6.42 Å². The Labute approximate surface area is 119 Å². The van der Waals surface area contributed by atoms with Crippen LogP contribution in [0.3, 0.4) is 0 Å². The molecule has 0 aliphatic heterocycles. The van der Waals surface area contributed by atoms with Crippen LogP contribution in [0.4, 0.5) is 0 Å². The first-order valence-electron chi connectivity index (χ1n) is 6.42. The van der Waals surface area contributed by atoms with E-state index in [1.54, 1.807) is 6.92 Å². The number of benzene rings is 1. The summed E-state index contributed by atoms with van der Waals surface area (Å²) in [4.78, 5) is 11.8. The number of nitrogens with one attached hydrogen (secondary N) is 2. The van der Waals surface area contributed by atoms with Crippen molar-refractivity contribution in [1.82, 2.24) is 10.0 Å². The summed E-state index contributed by atoms with van der Waals surface area (Å²) in [6, 6.07) is 4.34. The van der Waals surface area contributed by atoms with Gasteiger partial charge in [-0.2, -0.15) is 0 Å². The Morgan fingerprint density at radius 2 is 2.00 bits per heavy atom. The first kappa shape index (κ1) is 16.5. The third-order valence-corrected chi connectivity index (χ3v) is 4.15. The van der Waals surface area contributed by atoms with Crippen LogP contribution in [0.2, 0.25) is 0 Å². The van der Waals surface area contributed by atoms with Gasteiger partial charge in [0.1, 0.15) is 10.6 Å². The summed E-state index contributed by atoms with van der Waals surface area (Å²) >= 11 is 0. The van der Waals surface area contributed by atoms with Crippen molar-refractivity contribution in [1.29, 1.82) is 0 Å². The number of amides is 1. The predicted octanol–water partition coefficient (Wildman–Crippen LogP) is 1.13. The molecule has 6 nitrogen and oxygen atoms in total. The van der Waals surface area contributed by atoms with Crippen LogP contribution in [0.15, 0.2) is 23.1 Å². The van der Waals surface area contributed by atoms with Crippen molar-refractivity contribution in [2.24, 2.45) is 0 Å². The van der Waals surface area contributed by atoms with Gasteiger partial charge < -0.3 is 10.1 Å². The van der Waals surface area contributed by atoms with Crippen LogP contribution in [0, 0.1) is 0 Å². The minimum Gasteiger partial charge on any atom is -0.495 e. The summed E-state index contributed by atoms with van der Waals surface area (Å²) < 4.78 is 31.6. The van der Waals surface area contributed by atoms with Gasteiger partial charge in [-0.3, -0.25) is 4.79 Å². The van der Waals surface area contributed by atoms with E-state index in [1.807, 2.05) is 6.92 Å². The SMILES string of the molecule is CCCNC(=O)c1ccc(OC)c(S(=O)(=O)NCC)c1. The van der Waals surface area contributed by atoms with Crippen molar-refractivity contribution in [2.75, 3.05) is 20.2 Å². The maximum atomic E-state index is 12.1. The molecule has 0 unspecified atom stereocenters. The minimum absolute atomic E-state index is 0.0361. The summed E-state index contributed by atoms with van der Waals surface area (Å²) in [6.07, 6.45) is 0.810. The van der Waals surface area contributed by atoms with Gasteiger partial charge in [0.05, 0.1) is 7.11 Å². The van der Waals surface area contributed by atoms with Gasteiger partial charge in [0.15, 0.2) is 0 Å². The zero-order valence-corrected chi connectivity index (χ0v) is 12.7. The fourth-order valence-electron chi connectivity index (χ4n) is 1.64. The summed E-state index contributed by atoms with van der Waals surface area (Å²) in [7, 11) is -2.30. The standard InChI is InChI=1S/C13H20N2O4S/c1-4-8-14-13(16)10-6-7-11(19-3)12(9-10)20(17,18)15-5-2/h6-7,9,15H,4-5,8H2,1-3H3,(H,14,16). The second-order valence-electron chi connectivity index (χ2n) is 4.12. The lowest BCUT2D eigenvalue weighted by atomic mass is 10.2. The second kappa shape index (κ2) is 7.25. The van der Waals surface area contributed by atoms with E-state index < -0.39 is 10.0 Å². The first-order chi connectivity index (χ1) is 9.46. The molecule has 0 heterocycles. The van der Waals surface area contributed by atoms with Crippen LogP contribution in [0.5, 0.6) is 5.75 Å². The van der Waals surface area contributed by atoms with E-state index in [2.05, 4.69) is 10.0 Å². The quantitative estimate of drug-likeness (QED) is 0.790. The van der Waals surface area contributed by atoms with Crippen molar-refractivity contribution >= 4 is 15.9 Å². The smallest absolute Gasteiger partial charge is 0.251 e. The van der Waals surface area contributed by atoms with Crippen molar-refractivity contribution in [3.05, 3.63) is 23.8 Å². The molecule has 1 amide bonds. The van der Waals surface area contributed by atoms with Crippen molar-refractivity contribution in [2.45, 2.75) is 25.2 Å². The molecule has 0 spiro atoms. The molecule has 0 fully saturated rings. The van der Waals surface area contributed by atoms with E-state index in [0.29, 0.717) is 6.54 Å². The van der Waals surface area contributed by atoms with Gasteiger partial charge in [-0.15, -0.1) is 0 Å². The topological polar surface area (TPSA) is 84.5 Å². The molecule has 7 heteroatoms. The van der Waals surface area contributed by atoms with Gasteiger partial charge in [0, 0.05) is 18.7 Å². The van der Waals surface area contributed by atoms with E-state index >= 15 is 0 Å². The van der Waals surface area contributed by atoms with Gasteiger partial charge in [0.25, 0.3) is 5.91 Å². The molecule has 1 aromatic rings. The number of carbonyl (C=O) groups excluding carboxylic acids is 1. The maximum Gasteiger partial charge on any atom is 0.251 e. The highest BCUT2D eigenvalue weighted by Crippen LogP contribution is 2.24. The van der Waals surface area contributed by atoms with E-state index in [-0.39, 0.29) is 28.7 Å². The molecule has 2 N–H and O–H groups in total. The van der Waals surface area contributed by atoms with Gasteiger partial charge >= 0.3 is 0 Å². The molecule has 0 saturated carbocycles. The van der Waals surface area contributed by atoms with Gasteiger partial charge in [-0.05, 0) is 24.6 Å². The van der Waals surface area contributed by atoms with Gasteiger partial charge in [-0.25, -0.2) is 13.1 Å². The van der Waals surface area contributed by atoms with E-state index in [4.69, 9.17) is 4.74 Å². The highest BCUT2D eigenvalue weighted by molar-refractivity contribution is 7.89. The van der Waals surface area contributed by atoms with E-state index in [1.165, 1.54) is 25.3 Å². The number of ether oxygens (including phenoxy) is 1. The Morgan fingerprint density at radius 3 is 2.55 bits per heavy atom. The molecule has 0 aliphatic rings. The first-order valence-corrected chi connectivity index (χ1v) is 7.90. The summed E-state index contributed by atoms with van der Waals surface area (Å²) in [5, 5.41) is 2.70. The molecule has 20 heavy (non-hydrogen) atoms. The van der Waals surface area contributed by atoms with Crippen molar-refractivity contribution in [3.8, 4) is 5.75 Å². The lowest BCUT2D eigenvalue weighted by Crippen LogP contribution is -2.26. The molecule has 112 valence electrons. The molecule has 0 saturated heterocycles. The van der Waals surface area contributed by atoms with Crippen LogP contribution < -0.4 is 14.8 Å². The largest absolute Gasteiger partial charge is 0.495 e. The average Bonchev–Trinajstić information content (AvgIpc) is 2.44. The number of rotatable bonds is 7. The number of sulfonamides is 1. The zero-order chi connectivity index (χ0) is 15.2. The molecular weight excluding hydrogens is 280 g/mol. The Hall–Kier alpha value is -1.60. The van der Waals surface area contributed by atoms with Crippen molar-refractivity contribution in [3.63, 3.8) is 0 Å². The molecule has 1 rings (SSSR count). The van der Waals surface area contributed by atoms with Crippen molar-refractivity contribution < 1.29 is 17.9 Å². The lowest BCUT2D eigenvalue weighted by molar-refractivity contribution is 0.0953. The van der Waals surface area contributed by atoms with Gasteiger partial charge in [0.2, 0.25) is 10.0 Å². The molecule has 0 aromatic heterocycles. The zero-order valence-electron chi connectivity index (χ0n) is 11.9. The Morgan fingerprint density at radius 1 is 1.30 bits per heavy atom. The Bertz CT molecular complexity index is 570. The number of methoxy groups -OCH3 is 1. The molecule has 0 aliphatic carbocycles. The Balaban J connectivity index is 3.18. The molecule has 0 atom stereocenters. The maximum absolute atomic E-state index is 12.1. The van der Waals surface area contributed by atoms with Crippen LogP contribution in [0.25, 0.3) is 0 Å². The monoisotopic (exact) mass is 300 g/mol. The summed E-state index contributed by atoms with van der Waals surface area (Å²) in [6.45, 7) is 4.43. The normalized spacial score (nSPS) is 11.2. The fraction of sp³-hybridized carbons (Fsp3) is 0.462. The number of hydrogen-bond donors (Lipinski definition) is 2. The van der Waals surface area contributed by atoms with Gasteiger partial charge in [-0.1, -0.05) is 13.8 Å². The van der Waals surface area contributed by atoms with Crippen LogP contribution in [0.1, 0.15) is 30.6 Å². The third kappa shape index (κ3) is 3.94.